The highest BCUT2D eigenvalue weighted by Gasteiger charge is 2.34. The van der Waals surface area contributed by atoms with Crippen molar-refractivity contribution < 1.29 is 4.79 Å². The van der Waals surface area contributed by atoms with Gasteiger partial charge in [-0.05, 0) is 42.0 Å². The third kappa shape index (κ3) is 2.47. The number of amides is 1. The number of carbonyl (C=O) groups excluding carboxylic acids is 1. The molecule has 0 aromatic carbocycles. The molecule has 1 aliphatic heterocycles. The second kappa shape index (κ2) is 5.05. The van der Waals surface area contributed by atoms with E-state index in [9.17, 15) is 4.79 Å². The average molecular weight is 314 g/mol. The maximum atomic E-state index is 12.5. The number of hydrogen-bond donors (Lipinski definition) is 0. The number of likely N-dealkylation sites (tertiary alicyclic amines) is 1. The molecule has 0 bridgehead atoms. The molecule has 1 aliphatic rings. The van der Waals surface area contributed by atoms with Crippen molar-refractivity contribution in [1.29, 1.82) is 0 Å². The van der Waals surface area contributed by atoms with Gasteiger partial charge in [-0.3, -0.25) is 4.79 Å². The fraction of sp³-hybridized carbons (Fsp3) is 0.615. The van der Waals surface area contributed by atoms with Crippen LogP contribution in [0.5, 0.6) is 0 Å². The average Bonchev–Trinajstić information content (AvgIpc) is 2.81. The van der Waals surface area contributed by atoms with E-state index in [4.69, 9.17) is 0 Å². The van der Waals surface area contributed by atoms with Crippen LogP contribution in [0.3, 0.4) is 0 Å². The normalized spacial score (nSPS) is 24.0. The van der Waals surface area contributed by atoms with E-state index in [-0.39, 0.29) is 5.91 Å². The summed E-state index contributed by atoms with van der Waals surface area (Å²) in [5.74, 6) is 0.645. The summed E-state index contributed by atoms with van der Waals surface area (Å²) in [4.78, 5) is 16.6. The van der Waals surface area contributed by atoms with Gasteiger partial charge in [0, 0.05) is 36.8 Å². The van der Waals surface area contributed by atoms with Gasteiger partial charge in [0.1, 0.15) is 5.69 Å². The Balaban J connectivity index is 2.14. The molecular formula is C13H20BrN3O. The molecule has 2 atom stereocenters. The molecule has 1 fully saturated rings. The first-order chi connectivity index (χ1) is 8.40. The van der Waals surface area contributed by atoms with Gasteiger partial charge in [-0.2, -0.15) is 0 Å². The van der Waals surface area contributed by atoms with E-state index < -0.39 is 0 Å². The van der Waals surface area contributed by atoms with Gasteiger partial charge < -0.3 is 14.4 Å². The van der Waals surface area contributed by atoms with Crippen LogP contribution in [0.4, 0.5) is 0 Å². The molecule has 1 amide bonds. The highest BCUT2D eigenvalue weighted by atomic mass is 79.9. The number of aryl methyl sites for hydroxylation is 1. The van der Waals surface area contributed by atoms with Crippen LogP contribution in [0.15, 0.2) is 16.7 Å². The van der Waals surface area contributed by atoms with Gasteiger partial charge in [0.2, 0.25) is 0 Å². The van der Waals surface area contributed by atoms with E-state index in [0.717, 1.165) is 23.3 Å². The Bertz CT molecular complexity index is 455. The molecule has 0 N–H and O–H groups in total. The Labute approximate surface area is 117 Å². The summed E-state index contributed by atoms with van der Waals surface area (Å²) < 4.78 is 2.82. The summed E-state index contributed by atoms with van der Waals surface area (Å²) in [5, 5.41) is 0. The number of carbonyl (C=O) groups is 1. The number of likely N-dealkylation sites (N-methyl/N-ethyl adjacent to an activating group) is 1. The molecule has 0 radical (unpaired) electrons. The lowest BCUT2D eigenvalue weighted by molar-refractivity contribution is 0.0772. The van der Waals surface area contributed by atoms with Crippen LogP contribution in [-0.4, -0.2) is 53.5 Å². The molecule has 2 heterocycles. The smallest absolute Gasteiger partial charge is 0.270 e. The van der Waals surface area contributed by atoms with E-state index in [0.29, 0.717) is 12.0 Å². The third-order valence-electron chi connectivity index (χ3n) is 3.71. The van der Waals surface area contributed by atoms with Crippen molar-refractivity contribution in [3.63, 3.8) is 0 Å². The van der Waals surface area contributed by atoms with Crippen LogP contribution in [-0.2, 0) is 7.05 Å². The molecule has 1 aromatic rings. The molecule has 5 heteroatoms. The number of nitrogens with zero attached hydrogens (tertiary/aromatic N) is 3. The molecule has 1 aromatic heterocycles. The number of hydrogen-bond acceptors (Lipinski definition) is 2. The third-order valence-corrected chi connectivity index (χ3v) is 4.15. The zero-order chi connectivity index (χ0) is 13.4. The lowest BCUT2D eigenvalue weighted by Crippen LogP contribution is -2.36. The molecule has 2 rings (SSSR count). The summed E-state index contributed by atoms with van der Waals surface area (Å²) in [5.41, 5.74) is 0.744. The van der Waals surface area contributed by atoms with E-state index in [2.05, 4.69) is 41.8 Å². The topological polar surface area (TPSA) is 28.5 Å². The van der Waals surface area contributed by atoms with Gasteiger partial charge in [-0.15, -0.1) is 0 Å². The summed E-state index contributed by atoms with van der Waals surface area (Å²) >= 11 is 3.41. The molecule has 2 unspecified atom stereocenters. The summed E-state index contributed by atoms with van der Waals surface area (Å²) in [6.45, 7) is 3.86. The first-order valence-corrected chi connectivity index (χ1v) is 6.97. The quantitative estimate of drug-likeness (QED) is 0.833. The minimum absolute atomic E-state index is 0.124. The number of rotatable bonds is 2. The van der Waals surface area contributed by atoms with Crippen molar-refractivity contribution >= 4 is 21.8 Å². The lowest BCUT2D eigenvalue weighted by atomic mass is 10.1. The zero-order valence-corrected chi connectivity index (χ0v) is 12.9. The van der Waals surface area contributed by atoms with Gasteiger partial charge in [-0.1, -0.05) is 6.92 Å². The Morgan fingerprint density at radius 1 is 1.44 bits per heavy atom. The van der Waals surface area contributed by atoms with Crippen LogP contribution in [0.25, 0.3) is 0 Å². The first-order valence-electron chi connectivity index (χ1n) is 6.17. The highest BCUT2D eigenvalue weighted by Crippen LogP contribution is 2.23. The predicted molar refractivity (Wildman–Crippen MR) is 75.7 cm³/mol. The Kier molecular flexibility index (Phi) is 3.82. The standard InChI is InChI=1S/C13H20BrN3O/c1-9-6-17(8-12(9)15(2)3)13(18)11-5-10(14)7-16(11)4/h5,7,9,12H,6,8H2,1-4H3. The summed E-state index contributed by atoms with van der Waals surface area (Å²) in [7, 11) is 6.06. The van der Waals surface area contributed by atoms with Gasteiger partial charge in [0.15, 0.2) is 0 Å². The van der Waals surface area contributed by atoms with Crippen molar-refractivity contribution in [2.75, 3.05) is 27.2 Å². The second-order valence-electron chi connectivity index (χ2n) is 5.37. The Morgan fingerprint density at radius 3 is 2.56 bits per heavy atom. The lowest BCUT2D eigenvalue weighted by Gasteiger charge is -2.22. The zero-order valence-electron chi connectivity index (χ0n) is 11.4. The highest BCUT2D eigenvalue weighted by molar-refractivity contribution is 9.10. The van der Waals surface area contributed by atoms with Crippen molar-refractivity contribution in [3.05, 3.63) is 22.4 Å². The van der Waals surface area contributed by atoms with E-state index >= 15 is 0 Å². The molecule has 100 valence electrons. The van der Waals surface area contributed by atoms with Crippen LogP contribution in [0.2, 0.25) is 0 Å². The monoisotopic (exact) mass is 313 g/mol. The van der Waals surface area contributed by atoms with Gasteiger partial charge in [0.25, 0.3) is 5.91 Å². The van der Waals surface area contributed by atoms with E-state index in [1.165, 1.54) is 0 Å². The maximum absolute atomic E-state index is 12.5. The number of aromatic nitrogens is 1. The minimum atomic E-state index is 0.124. The van der Waals surface area contributed by atoms with Crippen LogP contribution < -0.4 is 0 Å². The van der Waals surface area contributed by atoms with Crippen molar-refractivity contribution in [2.24, 2.45) is 13.0 Å². The predicted octanol–water partition coefficient (Wildman–Crippen LogP) is 1.81. The SMILES string of the molecule is CC1CN(C(=O)c2cc(Br)cn2C)CC1N(C)C. The molecule has 0 saturated carbocycles. The molecule has 18 heavy (non-hydrogen) atoms. The minimum Gasteiger partial charge on any atom is -0.345 e. The Hall–Kier alpha value is -0.810. The number of halogens is 1. The van der Waals surface area contributed by atoms with E-state index in [1.54, 1.807) is 0 Å². The van der Waals surface area contributed by atoms with Crippen molar-refractivity contribution in [1.82, 2.24) is 14.4 Å². The van der Waals surface area contributed by atoms with Crippen molar-refractivity contribution in [2.45, 2.75) is 13.0 Å². The summed E-state index contributed by atoms with van der Waals surface area (Å²) in [6.07, 6.45) is 1.91. The fourth-order valence-corrected chi connectivity index (χ4v) is 3.21. The largest absolute Gasteiger partial charge is 0.345 e. The Morgan fingerprint density at radius 2 is 2.11 bits per heavy atom. The van der Waals surface area contributed by atoms with Gasteiger partial charge >= 0.3 is 0 Å². The molecular weight excluding hydrogens is 294 g/mol. The molecule has 4 nitrogen and oxygen atoms in total. The van der Waals surface area contributed by atoms with Crippen LogP contribution in [0.1, 0.15) is 17.4 Å². The van der Waals surface area contributed by atoms with Crippen LogP contribution >= 0.6 is 15.9 Å². The first kappa shape index (κ1) is 13.6. The molecule has 1 saturated heterocycles. The molecule has 0 aliphatic carbocycles. The van der Waals surface area contributed by atoms with Crippen molar-refractivity contribution in [3.8, 4) is 0 Å². The van der Waals surface area contributed by atoms with E-state index in [1.807, 2.05) is 28.8 Å². The molecule has 0 spiro atoms. The second-order valence-corrected chi connectivity index (χ2v) is 6.29. The van der Waals surface area contributed by atoms with Gasteiger partial charge in [-0.25, -0.2) is 0 Å². The fourth-order valence-electron chi connectivity index (χ4n) is 2.69. The van der Waals surface area contributed by atoms with Crippen LogP contribution in [0, 0.1) is 5.92 Å². The van der Waals surface area contributed by atoms with Gasteiger partial charge in [0.05, 0.1) is 0 Å². The maximum Gasteiger partial charge on any atom is 0.270 e. The summed E-state index contributed by atoms with van der Waals surface area (Å²) in [6, 6.07) is 2.34.